The van der Waals surface area contributed by atoms with Gasteiger partial charge in [0.05, 0.1) is 6.54 Å². The minimum atomic E-state index is -0.0179. The van der Waals surface area contributed by atoms with Gasteiger partial charge in [0.1, 0.15) is 18.1 Å². The maximum Gasteiger partial charge on any atom is 0.270 e. The van der Waals surface area contributed by atoms with E-state index in [-0.39, 0.29) is 5.91 Å². The fourth-order valence-electron chi connectivity index (χ4n) is 1.97. The molecule has 1 aromatic carbocycles. The normalized spacial score (nSPS) is 10.5. The van der Waals surface area contributed by atoms with Crippen molar-refractivity contribution in [3.63, 3.8) is 0 Å². The van der Waals surface area contributed by atoms with Crippen molar-refractivity contribution >= 4 is 21.8 Å². The van der Waals surface area contributed by atoms with Crippen LogP contribution in [0.3, 0.4) is 0 Å². The molecule has 21 heavy (non-hydrogen) atoms. The number of hydrogen-bond acceptors (Lipinski definition) is 2. The van der Waals surface area contributed by atoms with Gasteiger partial charge in [-0.1, -0.05) is 17.7 Å². The van der Waals surface area contributed by atoms with Gasteiger partial charge >= 0.3 is 0 Å². The van der Waals surface area contributed by atoms with Crippen LogP contribution in [0.1, 0.15) is 16.1 Å². The van der Waals surface area contributed by atoms with Crippen molar-refractivity contribution in [3.05, 3.63) is 52.3 Å². The van der Waals surface area contributed by atoms with E-state index in [4.69, 9.17) is 4.74 Å². The number of nitrogens with zero attached hydrogens (tertiary/aromatic N) is 2. The lowest BCUT2D eigenvalue weighted by Gasteiger charge is -2.17. The molecule has 2 aromatic rings. The Kier molecular flexibility index (Phi) is 5.07. The van der Waals surface area contributed by atoms with E-state index in [1.807, 2.05) is 55.1 Å². The quantitative estimate of drug-likeness (QED) is 0.829. The molecule has 0 aliphatic heterocycles. The Morgan fingerprint density at radius 2 is 2.00 bits per heavy atom. The zero-order valence-corrected chi connectivity index (χ0v) is 14.1. The van der Waals surface area contributed by atoms with Crippen LogP contribution in [0.5, 0.6) is 5.75 Å². The summed E-state index contributed by atoms with van der Waals surface area (Å²) >= 11 is 3.37. The molecule has 0 spiro atoms. The SMILES string of the molecule is Cc1ccc(OCCN(C)C(=O)c2cc(Br)cn2C)cc1. The molecular weight excluding hydrogens is 332 g/mol. The second kappa shape index (κ2) is 6.80. The number of rotatable bonds is 5. The summed E-state index contributed by atoms with van der Waals surface area (Å²) in [5.74, 6) is 0.804. The second-order valence-electron chi connectivity index (χ2n) is 5.04. The highest BCUT2D eigenvalue weighted by Crippen LogP contribution is 2.15. The monoisotopic (exact) mass is 350 g/mol. The van der Waals surface area contributed by atoms with Gasteiger partial charge in [0.2, 0.25) is 0 Å². The summed E-state index contributed by atoms with van der Waals surface area (Å²) in [6, 6.07) is 9.70. The van der Waals surface area contributed by atoms with Gasteiger partial charge in [0.25, 0.3) is 5.91 Å². The van der Waals surface area contributed by atoms with Crippen LogP contribution >= 0.6 is 15.9 Å². The highest BCUT2D eigenvalue weighted by Gasteiger charge is 2.15. The molecule has 0 bridgehead atoms. The second-order valence-corrected chi connectivity index (χ2v) is 5.96. The summed E-state index contributed by atoms with van der Waals surface area (Å²) in [5.41, 5.74) is 1.85. The van der Waals surface area contributed by atoms with Crippen LogP contribution in [0.25, 0.3) is 0 Å². The highest BCUT2D eigenvalue weighted by molar-refractivity contribution is 9.10. The molecule has 1 heterocycles. The Morgan fingerprint density at radius 1 is 1.33 bits per heavy atom. The van der Waals surface area contributed by atoms with Crippen molar-refractivity contribution in [2.75, 3.05) is 20.2 Å². The van der Waals surface area contributed by atoms with E-state index in [1.165, 1.54) is 5.56 Å². The van der Waals surface area contributed by atoms with Gasteiger partial charge < -0.3 is 14.2 Å². The van der Waals surface area contributed by atoms with E-state index in [0.717, 1.165) is 10.2 Å². The van der Waals surface area contributed by atoms with E-state index in [2.05, 4.69) is 15.9 Å². The molecule has 0 saturated carbocycles. The molecular formula is C16H19BrN2O2. The largest absolute Gasteiger partial charge is 0.492 e. The molecule has 5 heteroatoms. The molecule has 1 amide bonds. The van der Waals surface area contributed by atoms with E-state index < -0.39 is 0 Å². The van der Waals surface area contributed by atoms with Gasteiger partial charge in [-0.2, -0.15) is 0 Å². The Morgan fingerprint density at radius 3 is 2.57 bits per heavy atom. The van der Waals surface area contributed by atoms with E-state index >= 15 is 0 Å². The Labute approximate surface area is 133 Å². The molecule has 112 valence electrons. The molecule has 0 aliphatic rings. The number of aryl methyl sites for hydroxylation is 2. The maximum atomic E-state index is 12.3. The van der Waals surface area contributed by atoms with Crippen molar-refractivity contribution in [2.45, 2.75) is 6.92 Å². The third-order valence-corrected chi connectivity index (χ3v) is 3.69. The number of carbonyl (C=O) groups is 1. The summed E-state index contributed by atoms with van der Waals surface area (Å²) in [6.07, 6.45) is 1.86. The number of ether oxygens (including phenoxy) is 1. The molecule has 0 aliphatic carbocycles. The van der Waals surface area contributed by atoms with Gasteiger partial charge in [0.15, 0.2) is 0 Å². The number of carbonyl (C=O) groups excluding carboxylic acids is 1. The number of benzene rings is 1. The lowest BCUT2D eigenvalue weighted by atomic mass is 10.2. The summed E-state index contributed by atoms with van der Waals surface area (Å²) in [4.78, 5) is 14.0. The van der Waals surface area contributed by atoms with Crippen LogP contribution in [-0.2, 0) is 7.05 Å². The number of likely N-dealkylation sites (N-methyl/N-ethyl adjacent to an activating group) is 1. The number of halogens is 1. The van der Waals surface area contributed by atoms with Crippen molar-refractivity contribution in [1.29, 1.82) is 0 Å². The van der Waals surface area contributed by atoms with Crippen LogP contribution in [0, 0.1) is 6.92 Å². The Hall–Kier alpha value is -1.75. The molecule has 0 saturated heterocycles. The fraction of sp³-hybridized carbons (Fsp3) is 0.312. The predicted molar refractivity (Wildman–Crippen MR) is 86.7 cm³/mol. The van der Waals surface area contributed by atoms with Crippen molar-refractivity contribution < 1.29 is 9.53 Å². The van der Waals surface area contributed by atoms with E-state index in [1.54, 1.807) is 11.9 Å². The number of aromatic nitrogens is 1. The molecule has 0 radical (unpaired) electrons. The Balaban J connectivity index is 1.87. The van der Waals surface area contributed by atoms with Crippen molar-refractivity contribution in [2.24, 2.45) is 7.05 Å². The first-order chi connectivity index (χ1) is 9.97. The first-order valence-electron chi connectivity index (χ1n) is 6.74. The lowest BCUT2D eigenvalue weighted by Crippen LogP contribution is -2.32. The topological polar surface area (TPSA) is 34.5 Å². The zero-order chi connectivity index (χ0) is 15.4. The molecule has 0 atom stereocenters. The van der Waals surface area contributed by atoms with E-state index in [9.17, 15) is 4.79 Å². The molecule has 0 unspecified atom stereocenters. The summed E-state index contributed by atoms with van der Waals surface area (Å²) in [5, 5.41) is 0. The average Bonchev–Trinajstić information content (AvgIpc) is 2.79. The predicted octanol–water partition coefficient (Wildman–Crippen LogP) is 3.25. The average molecular weight is 351 g/mol. The van der Waals surface area contributed by atoms with E-state index in [0.29, 0.717) is 18.8 Å². The minimum Gasteiger partial charge on any atom is -0.492 e. The van der Waals surface area contributed by atoms with Crippen LogP contribution in [0.4, 0.5) is 0 Å². The summed E-state index contributed by atoms with van der Waals surface area (Å²) in [6.45, 7) is 3.04. The molecule has 4 nitrogen and oxygen atoms in total. The van der Waals surface area contributed by atoms with Gasteiger partial charge in [-0.15, -0.1) is 0 Å². The van der Waals surface area contributed by atoms with Crippen LogP contribution < -0.4 is 4.74 Å². The van der Waals surface area contributed by atoms with Gasteiger partial charge in [0, 0.05) is 24.8 Å². The molecule has 2 rings (SSSR count). The van der Waals surface area contributed by atoms with Crippen molar-refractivity contribution in [3.8, 4) is 5.75 Å². The molecule has 0 N–H and O–H groups in total. The lowest BCUT2D eigenvalue weighted by molar-refractivity contribution is 0.0764. The summed E-state index contributed by atoms with van der Waals surface area (Å²) in [7, 11) is 3.64. The standard InChI is InChI=1S/C16H19BrN2O2/c1-12-4-6-14(7-5-12)21-9-8-18(2)16(20)15-10-13(17)11-19(15)3/h4-7,10-11H,8-9H2,1-3H3. The number of hydrogen-bond donors (Lipinski definition) is 0. The van der Waals surface area contributed by atoms with Crippen LogP contribution in [0.15, 0.2) is 41.0 Å². The highest BCUT2D eigenvalue weighted by atomic mass is 79.9. The third kappa shape index (κ3) is 4.11. The number of amides is 1. The first-order valence-corrected chi connectivity index (χ1v) is 7.53. The van der Waals surface area contributed by atoms with Gasteiger partial charge in [-0.25, -0.2) is 0 Å². The van der Waals surface area contributed by atoms with Gasteiger partial charge in [-0.3, -0.25) is 4.79 Å². The maximum absolute atomic E-state index is 12.3. The van der Waals surface area contributed by atoms with Crippen molar-refractivity contribution in [1.82, 2.24) is 9.47 Å². The first kappa shape index (κ1) is 15.6. The molecule has 1 aromatic heterocycles. The smallest absolute Gasteiger partial charge is 0.270 e. The minimum absolute atomic E-state index is 0.0179. The van der Waals surface area contributed by atoms with Crippen LogP contribution in [0.2, 0.25) is 0 Å². The zero-order valence-electron chi connectivity index (χ0n) is 12.5. The fourth-order valence-corrected chi connectivity index (χ4v) is 2.49. The summed E-state index contributed by atoms with van der Waals surface area (Å²) < 4.78 is 8.35. The van der Waals surface area contributed by atoms with Gasteiger partial charge in [-0.05, 0) is 41.1 Å². The Bertz CT molecular complexity index is 620. The molecule has 0 fully saturated rings. The third-order valence-electron chi connectivity index (χ3n) is 3.25. The van der Waals surface area contributed by atoms with Crippen LogP contribution in [-0.4, -0.2) is 35.6 Å².